The van der Waals surface area contributed by atoms with Crippen LogP contribution in [0.3, 0.4) is 0 Å². The Kier molecular flexibility index (Phi) is 3.41. The fourth-order valence-electron chi connectivity index (χ4n) is 1.77. The predicted molar refractivity (Wildman–Crippen MR) is 73.3 cm³/mol. The van der Waals surface area contributed by atoms with Gasteiger partial charge in [0.2, 0.25) is 0 Å². The molecule has 0 unspecified atom stereocenters. The van der Waals surface area contributed by atoms with E-state index in [0.717, 1.165) is 5.69 Å². The number of anilines is 2. The molecule has 0 aliphatic heterocycles. The van der Waals surface area contributed by atoms with Crippen molar-refractivity contribution in [2.75, 3.05) is 18.2 Å². The SMILES string of the molecule is COc1ccc(N)c(C(=O)Nc2cc(C)nn2C)c1. The van der Waals surface area contributed by atoms with Crippen molar-refractivity contribution in [1.29, 1.82) is 0 Å². The molecule has 2 rings (SSSR count). The minimum atomic E-state index is -0.292. The van der Waals surface area contributed by atoms with Crippen molar-refractivity contribution < 1.29 is 9.53 Å². The summed E-state index contributed by atoms with van der Waals surface area (Å²) in [7, 11) is 3.30. The van der Waals surface area contributed by atoms with Gasteiger partial charge in [-0.2, -0.15) is 5.10 Å². The van der Waals surface area contributed by atoms with Crippen molar-refractivity contribution in [2.24, 2.45) is 7.05 Å². The van der Waals surface area contributed by atoms with Crippen molar-refractivity contribution in [2.45, 2.75) is 6.92 Å². The Hall–Kier alpha value is -2.50. The van der Waals surface area contributed by atoms with Gasteiger partial charge >= 0.3 is 0 Å². The number of hydrogen-bond acceptors (Lipinski definition) is 4. The van der Waals surface area contributed by atoms with E-state index in [1.807, 2.05) is 6.92 Å². The quantitative estimate of drug-likeness (QED) is 0.821. The number of ether oxygens (including phenoxy) is 1. The Morgan fingerprint density at radius 1 is 1.42 bits per heavy atom. The van der Waals surface area contributed by atoms with E-state index in [1.165, 1.54) is 7.11 Å². The van der Waals surface area contributed by atoms with Gasteiger partial charge in [0, 0.05) is 18.8 Å². The third-order valence-electron chi connectivity index (χ3n) is 2.75. The lowest BCUT2D eigenvalue weighted by Crippen LogP contribution is -2.16. The van der Waals surface area contributed by atoms with E-state index in [1.54, 1.807) is 36.0 Å². The highest BCUT2D eigenvalue weighted by atomic mass is 16.5. The number of aryl methyl sites for hydroxylation is 2. The van der Waals surface area contributed by atoms with E-state index in [9.17, 15) is 4.79 Å². The molecule has 1 aromatic carbocycles. The molecule has 0 fully saturated rings. The first-order chi connectivity index (χ1) is 9.01. The molecule has 6 nitrogen and oxygen atoms in total. The van der Waals surface area contributed by atoms with Crippen LogP contribution >= 0.6 is 0 Å². The molecule has 1 aromatic heterocycles. The van der Waals surface area contributed by atoms with Crippen molar-refractivity contribution in [3.63, 3.8) is 0 Å². The Labute approximate surface area is 111 Å². The lowest BCUT2D eigenvalue weighted by atomic mass is 10.1. The number of nitrogen functional groups attached to an aromatic ring is 1. The van der Waals surface area contributed by atoms with Gasteiger partial charge < -0.3 is 15.8 Å². The first-order valence-electron chi connectivity index (χ1n) is 5.76. The maximum absolute atomic E-state index is 12.2. The van der Waals surface area contributed by atoms with E-state index >= 15 is 0 Å². The highest BCUT2D eigenvalue weighted by molar-refractivity contribution is 6.07. The third-order valence-corrected chi connectivity index (χ3v) is 2.75. The largest absolute Gasteiger partial charge is 0.497 e. The Morgan fingerprint density at radius 2 is 2.16 bits per heavy atom. The van der Waals surface area contributed by atoms with Gasteiger partial charge in [-0.1, -0.05) is 0 Å². The lowest BCUT2D eigenvalue weighted by Gasteiger charge is -2.09. The van der Waals surface area contributed by atoms with Crippen LogP contribution in [0.2, 0.25) is 0 Å². The van der Waals surface area contributed by atoms with Crippen LogP contribution < -0.4 is 15.8 Å². The molecule has 1 heterocycles. The zero-order valence-electron chi connectivity index (χ0n) is 11.1. The van der Waals surface area contributed by atoms with Crippen LogP contribution in [0.15, 0.2) is 24.3 Å². The molecule has 0 saturated carbocycles. The molecule has 0 spiro atoms. The molecule has 6 heteroatoms. The molecule has 1 amide bonds. The van der Waals surface area contributed by atoms with Gasteiger partial charge in [0.1, 0.15) is 11.6 Å². The van der Waals surface area contributed by atoms with Gasteiger partial charge in [0.15, 0.2) is 0 Å². The molecular weight excluding hydrogens is 244 g/mol. The molecule has 0 radical (unpaired) electrons. The van der Waals surface area contributed by atoms with E-state index < -0.39 is 0 Å². The van der Waals surface area contributed by atoms with E-state index in [2.05, 4.69) is 10.4 Å². The maximum Gasteiger partial charge on any atom is 0.259 e. The summed E-state index contributed by atoms with van der Waals surface area (Å²) < 4.78 is 6.69. The van der Waals surface area contributed by atoms with Crippen LogP contribution in [0.1, 0.15) is 16.1 Å². The average Bonchev–Trinajstić information content (AvgIpc) is 2.68. The number of amides is 1. The number of nitrogens with one attached hydrogen (secondary N) is 1. The smallest absolute Gasteiger partial charge is 0.259 e. The van der Waals surface area contributed by atoms with E-state index in [-0.39, 0.29) is 5.91 Å². The lowest BCUT2D eigenvalue weighted by molar-refractivity contribution is 0.102. The average molecular weight is 260 g/mol. The summed E-state index contributed by atoms with van der Waals surface area (Å²) in [6.45, 7) is 1.86. The fourth-order valence-corrected chi connectivity index (χ4v) is 1.77. The number of aromatic nitrogens is 2. The molecule has 19 heavy (non-hydrogen) atoms. The predicted octanol–water partition coefficient (Wildman–Crippen LogP) is 1.57. The summed E-state index contributed by atoms with van der Waals surface area (Å²) in [4.78, 5) is 12.2. The van der Waals surface area contributed by atoms with Gasteiger partial charge in [-0.3, -0.25) is 9.48 Å². The van der Waals surface area contributed by atoms with Crippen molar-refractivity contribution in [3.8, 4) is 5.75 Å². The topological polar surface area (TPSA) is 82.2 Å². The van der Waals surface area contributed by atoms with Crippen LogP contribution in [-0.4, -0.2) is 22.8 Å². The summed E-state index contributed by atoms with van der Waals surface area (Å²) in [5, 5.41) is 6.93. The second kappa shape index (κ2) is 5.01. The minimum absolute atomic E-state index is 0.292. The van der Waals surface area contributed by atoms with Gasteiger partial charge in [-0.05, 0) is 25.1 Å². The van der Waals surface area contributed by atoms with Crippen molar-refractivity contribution >= 4 is 17.4 Å². The summed E-state index contributed by atoms with van der Waals surface area (Å²) in [6.07, 6.45) is 0. The highest BCUT2D eigenvalue weighted by Crippen LogP contribution is 2.20. The number of rotatable bonds is 3. The zero-order valence-corrected chi connectivity index (χ0v) is 11.1. The number of nitrogens with two attached hydrogens (primary N) is 1. The first kappa shape index (κ1) is 12.9. The minimum Gasteiger partial charge on any atom is -0.497 e. The normalized spacial score (nSPS) is 10.3. The molecule has 100 valence electrons. The molecule has 2 aromatic rings. The van der Waals surface area contributed by atoms with Crippen LogP contribution in [0.4, 0.5) is 11.5 Å². The van der Waals surface area contributed by atoms with Gasteiger partial charge in [0.05, 0.1) is 18.4 Å². The number of hydrogen-bond donors (Lipinski definition) is 2. The molecule has 0 saturated heterocycles. The Balaban J connectivity index is 2.27. The Bertz CT molecular complexity index is 619. The van der Waals surface area contributed by atoms with Gasteiger partial charge in [-0.25, -0.2) is 0 Å². The molecule has 0 aliphatic rings. The standard InChI is InChI=1S/C13H16N4O2/c1-8-6-12(17(2)16-8)15-13(18)10-7-9(19-3)4-5-11(10)14/h4-7H,14H2,1-3H3,(H,15,18). The number of benzene rings is 1. The van der Waals surface area contributed by atoms with Crippen molar-refractivity contribution in [3.05, 3.63) is 35.5 Å². The molecule has 0 bridgehead atoms. The zero-order chi connectivity index (χ0) is 14.0. The fraction of sp³-hybridized carbons (Fsp3) is 0.231. The van der Waals surface area contributed by atoms with E-state index in [4.69, 9.17) is 10.5 Å². The Morgan fingerprint density at radius 3 is 2.74 bits per heavy atom. The summed E-state index contributed by atoms with van der Waals surface area (Å²) >= 11 is 0. The second-order valence-corrected chi connectivity index (χ2v) is 4.20. The number of carbonyl (C=O) groups is 1. The van der Waals surface area contributed by atoms with Crippen LogP contribution in [0, 0.1) is 6.92 Å². The number of nitrogens with zero attached hydrogens (tertiary/aromatic N) is 2. The highest BCUT2D eigenvalue weighted by Gasteiger charge is 2.13. The first-order valence-corrected chi connectivity index (χ1v) is 5.76. The molecule has 3 N–H and O–H groups in total. The van der Waals surface area contributed by atoms with Crippen molar-refractivity contribution in [1.82, 2.24) is 9.78 Å². The summed E-state index contributed by atoms with van der Waals surface area (Å²) in [6, 6.07) is 6.74. The number of carbonyl (C=O) groups excluding carboxylic acids is 1. The number of methoxy groups -OCH3 is 1. The van der Waals surface area contributed by atoms with Gasteiger partial charge in [0.25, 0.3) is 5.91 Å². The molecular formula is C13H16N4O2. The molecule has 0 atom stereocenters. The monoisotopic (exact) mass is 260 g/mol. The molecule has 0 aliphatic carbocycles. The summed E-state index contributed by atoms with van der Waals surface area (Å²) in [5.41, 5.74) is 7.41. The summed E-state index contributed by atoms with van der Waals surface area (Å²) in [5.74, 6) is 0.907. The van der Waals surface area contributed by atoms with Crippen LogP contribution in [0.5, 0.6) is 5.75 Å². The third kappa shape index (κ3) is 2.67. The van der Waals surface area contributed by atoms with Gasteiger partial charge in [-0.15, -0.1) is 0 Å². The van der Waals surface area contributed by atoms with Crippen LogP contribution in [-0.2, 0) is 7.05 Å². The van der Waals surface area contributed by atoms with E-state index in [0.29, 0.717) is 22.8 Å². The maximum atomic E-state index is 12.2. The second-order valence-electron chi connectivity index (χ2n) is 4.20. The van der Waals surface area contributed by atoms with Crippen LogP contribution in [0.25, 0.3) is 0 Å².